The number of rotatable bonds is 6. The molecule has 3 aromatic rings. The molecule has 0 aromatic heterocycles. The summed E-state index contributed by atoms with van der Waals surface area (Å²) in [5, 5.41) is 0. The maximum absolute atomic E-state index is 13.6. The molecule has 3 aromatic carbocycles. The molecule has 0 N–H and O–H groups in total. The first-order chi connectivity index (χ1) is 14.3. The summed E-state index contributed by atoms with van der Waals surface area (Å²) in [5.74, 6) is -2.74. The molecule has 0 bridgehead atoms. The summed E-state index contributed by atoms with van der Waals surface area (Å²) in [7, 11) is 0. The molecule has 0 aliphatic carbocycles. The van der Waals surface area contributed by atoms with Crippen LogP contribution in [0, 0.1) is 11.6 Å². The lowest BCUT2D eigenvalue weighted by molar-refractivity contribution is 0.584. The van der Waals surface area contributed by atoms with Crippen LogP contribution in [0.1, 0.15) is 23.6 Å². The molecule has 0 nitrogen and oxygen atoms in total. The predicted molar refractivity (Wildman–Crippen MR) is 114 cm³/mol. The summed E-state index contributed by atoms with van der Waals surface area (Å²) in [6.07, 6.45) is 2.67. The Morgan fingerprint density at radius 2 is 1.30 bits per heavy atom. The van der Waals surface area contributed by atoms with Crippen molar-refractivity contribution >= 4 is 5.57 Å². The van der Waals surface area contributed by atoms with E-state index in [1.54, 1.807) is 6.92 Å². The monoisotopic (exact) mass is 408 g/mol. The van der Waals surface area contributed by atoms with E-state index in [1.807, 2.05) is 48.5 Å². The Kier molecular flexibility index (Phi) is 6.68. The van der Waals surface area contributed by atoms with Gasteiger partial charge >= 0.3 is 0 Å². The van der Waals surface area contributed by atoms with Crippen LogP contribution in [-0.2, 0) is 6.42 Å². The Morgan fingerprint density at radius 3 is 1.83 bits per heavy atom. The second-order valence-corrected chi connectivity index (χ2v) is 7.03. The maximum atomic E-state index is 13.6. The van der Waals surface area contributed by atoms with Crippen molar-refractivity contribution in [3.63, 3.8) is 0 Å². The lowest BCUT2D eigenvalue weighted by Gasteiger charge is -2.07. The van der Waals surface area contributed by atoms with Gasteiger partial charge in [0.2, 0.25) is 0 Å². The zero-order valence-electron chi connectivity index (χ0n) is 16.4. The average Bonchev–Trinajstić information content (AvgIpc) is 2.67. The number of hydrogen-bond donors (Lipinski definition) is 0. The second-order valence-electron chi connectivity index (χ2n) is 7.03. The summed E-state index contributed by atoms with van der Waals surface area (Å²) in [6, 6.07) is 18.6. The van der Waals surface area contributed by atoms with Gasteiger partial charge in [0.25, 0.3) is 0 Å². The largest absolute Gasteiger partial charge is 0.208 e. The Balaban J connectivity index is 1.71. The van der Waals surface area contributed by atoms with Gasteiger partial charge in [-0.05, 0) is 64.9 Å². The minimum Gasteiger partial charge on any atom is -0.208 e. The number of allylic oxidation sites excluding steroid dienone is 5. The van der Waals surface area contributed by atoms with Crippen LogP contribution in [0.25, 0.3) is 16.7 Å². The highest BCUT2D eigenvalue weighted by Crippen LogP contribution is 2.24. The molecule has 0 fully saturated rings. The van der Waals surface area contributed by atoms with Crippen molar-refractivity contribution in [1.29, 1.82) is 0 Å². The van der Waals surface area contributed by atoms with E-state index < -0.39 is 23.3 Å². The van der Waals surface area contributed by atoms with E-state index in [0.717, 1.165) is 34.4 Å². The van der Waals surface area contributed by atoms with E-state index in [4.69, 9.17) is 0 Å². The Bertz CT molecular complexity index is 1080. The van der Waals surface area contributed by atoms with E-state index in [1.165, 1.54) is 18.2 Å². The minimum atomic E-state index is -0.833. The summed E-state index contributed by atoms with van der Waals surface area (Å²) < 4.78 is 53.1. The summed E-state index contributed by atoms with van der Waals surface area (Å²) in [4.78, 5) is 0. The number of hydrogen-bond acceptors (Lipinski definition) is 0. The highest BCUT2D eigenvalue weighted by molar-refractivity contribution is 5.66. The van der Waals surface area contributed by atoms with Crippen LogP contribution >= 0.6 is 0 Å². The quantitative estimate of drug-likeness (QED) is 0.287. The summed E-state index contributed by atoms with van der Waals surface area (Å²) in [6.45, 7) is 4.76. The van der Waals surface area contributed by atoms with Crippen molar-refractivity contribution in [2.45, 2.75) is 13.3 Å². The topological polar surface area (TPSA) is 0 Å². The van der Waals surface area contributed by atoms with Crippen LogP contribution in [-0.4, -0.2) is 0 Å². The van der Waals surface area contributed by atoms with Gasteiger partial charge in [-0.25, -0.2) is 17.6 Å². The van der Waals surface area contributed by atoms with Crippen molar-refractivity contribution < 1.29 is 17.6 Å². The molecule has 0 unspecified atom stereocenters. The van der Waals surface area contributed by atoms with E-state index in [9.17, 15) is 17.6 Å². The summed E-state index contributed by atoms with van der Waals surface area (Å²) in [5.41, 5.74) is 4.83. The molecule has 3 rings (SSSR count). The molecule has 4 heteroatoms. The zero-order valence-corrected chi connectivity index (χ0v) is 16.4. The highest BCUT2D eigenvalue weighted by Gasteiger charge is 2.05. The molecule has 0 spiro atoms. The fraction of sp³-hybridized carbons (Fsp3) is 0.0769. The Hall–Kier alpha value is -3.40. The zero-order chi connectivity index (χ0) is 21.7. The van der Waals surface area contributed by atoms with Crippen LogP contribution < -0.4 is 0 Å². The first kappa shape index (κ1) is 21.3. The molecular weight excluding hydrogens is 388 g/mol. The van der Waals surface area contributed by atoms with E-state index in [2.05, 4.69) is 6.58 Å². The van der Waals surface area contributed by atoms with Crippen LogP contribution in [0.3, 0.4) is 0 Å². The molecule has 0 aliphatic rings. The third-order valence-corrected chi connectivity index (χ3v) is 4.62. The van der Waals surface area contributed by atoms with Gasteiger partial charge in [0.1, 0.15) is 23.3 Å². The Labute approximate surface area is 173 Å². The van der Waals surface area contributed by atoms with Gasteiger partial charge in [0, 0.05) is 12.1 Å². The van der Waals surface area contributed by atoms with Gasteiger partial charge in [-0.15, -0.1) is 0 Å². The molecule has 0 amide bonds. The maximum Gasteiger partial charge on any atom is 0.126 e. The fourth-order valence-electron chi connectivity index (χ4n) is 3.14. The van der Waals surface area contributed by atoms with Gasteiger partial charge in [-0.3, -0.25) is 0 Å². The number of benzene rings is 3. The van der Waals surface area contributed by atoms with Gasteiger partial charge < -0.3 is 0 Å². The molecule has 30 heavy (non-hydrogen) atoms. The van der Waals surface area contributed by atoms with E-state index in [-0.39, 0.29) is 0 Å². The van der Waals surface area contributed by atoms with Gasteiger partial charge in [-0.2, -0.15) is 0 Å². The normalized spacial score (nSPS) is 12.2. The van der Waals surface area contributed by atoms with Crippen molar-refractivity contribution in [3.8, 4) is 11.1 Å². The third kappa shape index (κ3) is 5.80. The first-order valence-electron chi connectivity index (χ1n) is 9.35. The van der Waals surface area contributed by atoms with Crippen molar-refractivity contribution in [3.05, 3.63) is 125 Å². The Morgan fingerprint density at radius 1 is 0.767 bits per heavy atom. The van der Waals surface area contributed by atoms with Crippen LogP contribution in [0.5, 0.6) is 0 Å². The molecular formula is C26H20F4. The van der Waals surface area contributed by atoms with Crippen molar-refractivity contribution in [1.82, 2.24) is 0 Å². The smallest absolute Gasteiger partial charge is 0.126 e. The molecule has 0 atom stereocenters. The lowest BCUT2D eigenvalue weighted by atomic mass is 9.98. The van der Waals surface area contributed by atoms with Gasteiger partial charge in [0.15, 0.2) is 0 Å². The van der Waals surface area contributed by atoms with Crippen molar-refractivity contribution in [2.75, 3.05) is 0 Å². The third-order valence-electron chi connectivity index (χ3n) is 4.62. The first-order valence-corrected chi connectivity index (χ1v) is 9.35. The van der Waals surface area contributed by atoms with Crippen molar-refractivity contribution in [2.24, 2.45) is 0 Å². The van der Waals surface area contributed by atoms with Gasteiger partial charge in [0.05, 0.1) is 0 Å². The molecule has 152 valence electrons. The van der Waals surface area contributed by atoms with Crippen LogP contribution in [0.15, 0.2) is 97.1 Å². The average molecular weight is 408 g/mol. The molecule has 0 saturated heterocycles. The van der Waals surface area contributed by atoms with E-state index in [0.29, 0.717) is 17.6 Å². The molecule has 0 aliphatic heterocycles. The molecule has 0 saturated carbocycles. The highest BCUT2D eigenvalue weighted by atomic mass is 19.1. The second kappa shape index (κ2) is 9.40. The minimum absolute atomic E-state index is 0.489. The van der Waals surface area contributed by atoms with E-state index >= 15 is 0 Å². The molecule has 0 heterocycles. The molecule has 0 radical (unpaired) electrons. The van der Waals surface area contributed by atoms with Crippen LogP contribution in [0.2, 0.25) is 0 Å². The van der Waals surface area contributed by atoms with Gasteiger partial charge in [-0.1, -0.05) is 55.1 Å². The predicted octanol–water partition coefficient (Wildman–Crippen LogP) is 7.96. The summed E-state index contributed by atoms with van der Waals surface area (Å²) >= 11 is 0. The SMILES string of the molecule is C=C(F)/C=C(F)\C=C(/C)c1ccc(Cc2ccc(-c3cc(F)cc(F)c3)cc2)cc1. The lowest BCUT2D eigenvalue weighted by Crippen LogP contribution is -1.90. The van der Waals surface area contributed by atoms with Crippen LogP contribution in [0.4, 0.5) is 17.6 Å². The fourth-order valence-corrected chi connectivity index (χ4v) is 3.14. The standard InChI is InChI=1S/C26H20F4/c1-17(11-24(28)12-18(2)27)21-7-3-19(4-8-21)13-20-5-9-22(10-6-20)23-14-25(29)16-26(30)15-23/h3-12,14-16H,2,13H2,1H3/b17-11+,24-12+. The number of halogens is 4.